The van der Waals surface area contributed by atoms with Crippen LogP contribution in [-0.4, -0.2) is 30.8 Å². The first-order valence-electron chi connectivity index (χ1n) is 6.54. The van der Waals surface area contributed by atoms with Crippen LogP contribution >= 0.6 is 11.6 Å². The molecule has 1 aromatic rings. The summed E-state index contributed by atoms with van der Waals surface area (Å²) >= 11 is 6.02. The Bertz CT molecular complexity index is 519. The van der Waals surface area contributed by atoms with Crippen LogP contribution in [0.3, 0.4) is 0 Å². The lowest BCUT2D eigenvalue weighted by atomic mass is 10.1. The zero-order chi connectivity index (χ0) is 16.0. The van der Waals surface area contributed by atoms with E-state index in [4.69, 9.17) is 25.8 Å². The number of benzene rings is 1. The van der Waals surface area contributed by atoms with Crippen molar-refractivity contribution in [2.45, 2.75) is 33.3 Å². The molecule has 1 rings (SSSR count). The number of hydrogen-bond donors (Lipinski definition) is 0. The third-order valence-electron chi connectivity index (χ3n) is 2.22. The summed E-state index contributed by atoms with van der Waals surface area (Å²) in [5, 5.41) is 0.225. The SMILES string of the molecule is CCOC(=O)COc1ccc(C(=O)OC(C)(C)C)cc1Cl. The molecule has 0 aliphatic rings. The largest absolute Gasteiger partial charge is 0.480 e. The molecule has 0 bridgehead atoms. The van der Waals surface area contributed by atoms with Gasteiger partial charge in [0, 0.05) is 0 Å². The molecule has 0 heterocycles. The second-order valence-corrected chi connectivity index (χ2v) is 5.65. The number of carbonyl (C=O) groups excluding carboxylic acids is 2. The average molecular weight is 315 g/mol. The normalized spacial score (nSPS) is 10.9. The van der Waals surface area contributed by atoms with Crippen molar-refractivity contribution in [3.8, 4) is 5.75 Å². The van der Waals surface area contributed by atoms with E-state index in [9.17, 15) is 9.59 Å². The lowest BCUT2D eigenvalue weighted by molar-refractivity contribution is -0.145. The second kappa shape index (κ2) is 7.31. The minimum atomic E-state index is -0.581. The molecule has 0 N–H and O–H groups in total. The Morgan fingerprint density at radius 1 is 1.24 bits per heavy atom. The van der Waals surface area contributed by atoms with Gasteiger partial charge in [-0.05, 0) is 45.9 Å². The smallest absolute Gasteiger partial charge is 0.344 e. The van der Waals surface area contributed by atoms with Crippen LogP contribution in [0.1, 0.15) is 38.1 Å². The molecule has 0 fully saturated rings. The lowest BCUT2D eigenvalue weighted by Gasteiger charge is -2.19. The van der Waals surface area contributed by atoms with Crippen molar-refractivity contribution in [3.05, 3.63) is 28.8 Å². The standard InChI is InChI=1S/C15H19ClO5/c1-5-19-13(17)9-20-12-7-6-10(8-11(12)16)14(18)21-15(2,3)4/h6-8H,5,9H2,1-4H3. The molecule has 0 aliphatic heterocycles. The second-order valence-electron chi connectivity index (χ2n) is 5.24. The van der Waals surface area contributed by atoms with E-state index in [1.807, 2.05) is 0 Å². The van der Waals surface area contributed by atoms with Gasteiger partial charge in [0.1, 0.15) is 11.4 Å². The van der Waals surface area contributed by atoms with E-state index in [-0.39, 0.29) is 18.2 Å². The van der Waals surface area contributed by atoms with Crippen LogP contribution in [0.2, 0.25) is 5.02 Å². The van der Waals surface area contributed by atoms with E-state index in [2.05, 4.69) is 0 Å². The Hall–Kier alpha value is -1.75. The zero-order valence-corrected chi connectivity index (χ0v) is 13.3. The van der Waals surface area contributed by atoms with Crippen LogP contribution < -0.4 is 4.74 Å². The van der Waals surface area contributed by atoms with Crippen molar-refractivity contribution in [2.24, 2.45) is 0 Å². The Morgan fingerprint density at radius 2 is 1.90 bits per heavy atom. The first-order chi connectivity index (χ1) is 9.73. The minimum absolute atomic E-state index is 0.225. The Kier molecular flexibility index (Phi) is 6.03. The van der Waals surface area contributed by atoms with Crippen LogP contribution in [0.5, 0.6) is 5.75 Å². The van der Waals surface area contributed by atoms with Gasteiger partial charge in [0.15, 0.2) is 6.61 Å². The van der Waals surface area contributed by atoms with Crippen LogP contribution in [0.4, 0.5) is 0 Å². The summed E-state index contributed by atoms with van der Waals surface area (Å²) < 4.78 is 15.2. The summed E-state index contributed by atoms with van der Waals surface area (Å²) in [6.45, 7) is 7.10. The molecule has 0 radical (unpaired) electrons. The van der Waals surface area contributed by atoms with Crippen LogP contribution in [-0.2, 0) is 14.3 Å². The van der Waals surface area contributed by atoms with Crippen LogP contribution in [0.25, 0.3) is 0 Å². The Morgan fingerprint density at radius 3 is 2.43 bits per heavy atom. The first-order valence-corrected chi connectivity index (χ1v) is 6.92. The Balaban J connectivity index is 2.72. The number of esters is 2. The molecule has 0 atom stereocenters. The maximum Gasteiger partial charge on any atom is 0.344 e. The van der Waals surface area contributed by atoms with E-state index in [0.717, 1.165) is 0 Å². The molecule has 0 aliphatic carbocycles. The molecular formula is C15H19ClO5. The molecule has 21 heavy (non-hydrogen) atoms. The number of halogens is 1. The quantitative estimate of drug-likeness (QED) is 0.781. The van der Waals surface area contributed by atoms with Crippen molar-refractivity contribution in [1.29, 1.82) is 0 Å². The van der Waals surface area contributed by atoms with Crippen molar-refractivity contribution in [2.75, 3.05) is 13.2 Å². The Labute approximate surface area is 129 Å². The highest BCUT2D eigenvalue weighted by atomic mass is 35.5. The van der Waals surface area contributed by atoms with Gasteiger partial charge in [0.05, 0.1) is 17.2 Å². The highest BCUT2D eigenvalue weighted by molar-refractivity contribution is 6.32. The molecule has 116 valence electrons. The molecular weight excluding hydrogens is 296 g/mol. The third kappa shape index (κ3) is 6.04. The predicted octanol–water partition coefficient (Wildman–Crippen LogP) is 3.24. The summed E-state index contributed by atoms with van der Waals surface area (Å²) in [6.07, 6.45) is 0. The van der Waals surface area contributed by atoms with Gasteiger partial charge in [0.2, 0.25) is 0 Å². The highest BCUT2D eigenvalue weighted by Crippen LogP contribution is 2.26. The predicted molar refractivity (Wildman–Crippen MR) is 78.7 cm³/mol. The van der Waals surface area contributed by atoms with Crippen LogP contribution in [0, 0.1) is 0 Å². The number of rotatable bonds is 5. The molecule has 0 unspecified atom stereocenters. The number of hydrogen-bond acceptors (Lipinski definition) is 5. The molecule has 6 heteroatoms. The van der Waals surface area contributed by atoms with Crippen molar-refractivity contribution < 1.29 is 23.8 Å². The zero-order valence-electron chi connectivity index (χ0n) is 12.6. The lowest BCUT2D eigenvalue weighted by Crippen LogP contribution is -2.23. The summed E-state index contributed by atoms with van der Waals surface area (Å²) in [6, 6.07) is 4.48. The van der Waals surface area contributed by atoms with Gasteiger partial charge in [-0.3, -0.25) is 0 Å². The fourth-order valence-electron chi connectivity index (χ4n) is 1.42. The monoisotopic (exact) mass is 314 g/mol. The van der Waals surface area contributed by atoms with Gasteiger partial charge in [-0.15, -0.1) is 0 Å². The number of carbonyl (C=O) groups is 2. The fourth-order valence-corrected chi connectivity index (χ4v) is 1.66. The van der Waals surface area contributed by atoms with Gasteiger partial charge < -0.3 is 14.2 Å². The highest BCUT2D eigenvalue weighted by Gasteiger charge is 2.19. The summed E-state index contributed by atoms with van der Waals surface area (Å²) in [5.41, 5.74) is -0.263. The average Bonchev–Trinajstić information content (AvgIpc) is 2.35. The summed E-state index contributed by atoms with van der Waals surface area (Å²) in [7, 11) is 0. The summed E-state index contributed by atoms with van der Waals surface area (Å²) in [5.74, 6) is -0.650. The van der Waals surface area contributed by atoms with Gasteiger partial charge in [0.25, 0.3) is 0 Å². The molecule has 0 aromatic heterocycles. The van der Waals surface area contributed by atoms with E-state index >= 15 is 0 Å². The molecule has 5 nitrogen and oxygen atoms in total. The van der Waals surface area contributed by atoms with Crippen molar-refractivity contribution in [3.63, 3.8) is 0 Å². The topological polar surface area (TPSA) is 61.8 Å². The summed E-state index contributed by atoms with van der Waals surface area (Å²) in [4.78, 5) is 23.1. The van der Waals surface area contributed by atoms with E-state index in [0.29, 0.717) is 11.3 Å². The van der Waals surface area contributed by atoms with E-state index in [1.165, 1.54) is 18.2 Å². The molecule has 0 spiro atoms. The van der Waals surface area contributed by atoms with Gasteiger partial charge in [-0.25, -0.2) is 9.59 Å². The number of ether oxygens (including phenoxy) is 3. The van der Waals surface area contributed by atoms with Gasteiger partial charge in [-0.1, -0.05) is 11.6 Å². The van der Waals surface area contributed by atoms with Gasteiger partial charge >= 0.3 is 11.9 Å². The molecule has 1 aromatic carbocycles. The first kappa shape index (κ1) is 17.3. The molecule has 0 saturated carbocycles. The maximum atomic E-state index is 11.9. The van der Waals surface area contributed by atoms with Crippen LogP contribution in [0.15, 0.2) is 18.2 Å². The van der Waals surface area contributed by atoms with E-state index in [1.54, 1.807) is 27.7 Å². The van der Waals surface area contributed by atoms with Crippen molar-refractivity contribution >= 4 is 23.5 Å². The van der Waals surface area contributed by atoms with E-state index < -0.39 is 17.5 Å². The fraction of sp³-hybridized carbons (Fsp3) is 0.467. The maximum absolute atomic E-state index is 11.9. The third-order valence-corrected chi connectivity index (χ3v) is 2.51. The minimum Gasteiger partial charge on any atom is -0.480 e. The molecule has 0 saturated heterocycles. The molecule has 0 amide bonds. The van der Waals surface area contributed by atoms with Crippen molar-refractivity contribution in [1.82, 2.24) is 0 Å². The van der Waals surface area contributed by atoms with Gasteiger partial charge in [-0.2, -0.15) is 0 Å².